The van der Waals surface area contributed by atoms with Gasteiger partial charge >= 0.3 is 0 Å². The Labute approximate surface area is 189 Å². The molecule has 0 bridgehead atoms. The Balaban J connectivity index is 1.87. The molecule has 1 amide bonds. The van der Waals surface area contributed by atoms with E-state index in [1.165, 1.54) is 24.3 Å². The summed E-state index contributed by atoms with van der Waals surface area (Å²) in [6, 6.07) is 14.3. The minimum Gasteiger partial charge on any atom is -0.494 e. The maximum atomic E-state index is 14.0. The highest BCUT2D eigenvalue weighted by Crippen LogP contribution is 2.21. The van der Waals surface area contributed by atoms with E-state index in [1.54, 1.807) is 37.3 Å². The summed E-state index contributed by atoms with van der Waals surface area (Å²) in [5, 5.41) is 2.13. The van der Waals surface area contributed by atoms with Gasteiger partial charge in [-0.05, 0) is 55.3 Å². The smallest absolute Gasteiger partial charge is 0.242 e. The van der Waals surface area contributed by atoms with Crippen molar-refractivity contribution < 1.29 is 31.1 Å². The van der Waals surface area contributed by atoms with Crippen LogP contribution < -0.4 is 14.8 Å². The molecule has 3 aromatic carbocycles. The molecule has 0 saturated heterocycles. The number of hydrogen-bond donors (Lipinski definition) is 2. The molecule has 0 aliphatic heterocycles. The molecular formula is C23H21F3N2O4S. The molecular weight excluding hydrogens is 457 g/mol. The molecule has 6 nitrogen and oxygen atoms in total. The predicted octanol–water partition coefficient (Wildman–Crippen LogP) is 4.03. The molecule has 0 unspecified atom stereocenters. The van der Waals surface area contributed by atoms with Crippen molar-refractivity contribution in [1.29, 1.82) is 0 Å². The van der Waals surface area contributed by atoms with Crippen LogP contribution in [0.2, 0.25) is 0 Å². The third kappa shape index (κ3) is 6.11. The van der Waals surface area contributed by atoms with Crippen LogP contribution in [-0.2, 0) is 21.2 Å². The quantitative estimate of drug-likeness (QED) is 0.455. The molecule has 0 fully saturated rings. The van der Waals surface area contributed by atoms with E-state index in [1.807, 2.05) is 0 Å². The van der Waals surface area contributed by atoms with Crippen molar-refractivity contribution in [3.63, 3.8) is 0 Å². The van der Waals surface area contributed by atoms with Gasteiger partial charge < -0.3 is 10.1 Å². The van der Waals surface area contributed by atoms with E-state index in [-0.39, 0.29) is 11.3 Å². The number of anilines is 1. The number of sulfonamides is 1. The fraction of sp³-hybridized carbons (Fsp3) is 0.174. The van der Waals surface area contributed by atoms with Crippen LogP contribution in [0, 0.1) is 17.5 Å². The number of carbonyl (C=O) groups excluding carboxylic acids is 1. The summed E-state index contributed by atoms with van der Waals surface area (Å²) in [6.45, 7) is 2.19. The van der Waals surface area contributed by atoms with Gasteiger partial charge in [-0.3, -0.25) is 4.79 Å². The number of hydrogen-bond acceptors (Lipinski definition) is 4. The van der Waals surface area contributed by atoms with Crippen LogP contribution in [0.1, 0.15) is 12.5 Å². The van der Waals surface area contributed by atoms with Crippen LogP contribution in [0.5, 0.6) is 5.75 Å². The molecule has 10 heteroatoms. The van der Waals surface area contributed by atoms with Gasteiger partial charge in [0.2, 0.25) is 15.9 Å². The Kier molecular flexibility index (Phi) is 7.72. The highest BCUT2D eigenvalue weighted by Gasteiger charge is 2.27. The summed E-state index contributed by atoms with van der Waals surface area (Å²) in [7, 11) is -4.17. The zero-order chi connectivity index (χ0) is 24.0. The van der Waals surface area contributed by atoms with E-state index in [0.717, 1.165) is 6.07 Å². The summed E-state index contributed by atoms with van der Waals surface area (Å²) in [4.78, 5) is 12.8. The number of rotatable bonds is 9. The lowest BCUT2D eigenvalue weighted by Crippen LogP contribution is -2.45. The second kappa shape index (κ2) is 10.5. The van der Waals surface area contributed by atoms with Gasteiger partial charge in [-0.2, -0.15) is 4.72 Å². The molecule has 2 N–H and O–H groups in total. The second-order valence-electron chi connectivity index (χ2n) is 6.98. The number of ether oxygens (including phenoxy) is 1. The largest absolute Gasteiger partial charge is 0.494 e. The lowest BCUT2D eigenvalue weighted by Gasteiger charge is -2.19. The van der Waals surface area contributed by atoms with Crippen molar-refractivity contribution in [2.75, 3.05) is 11.9 Å². The van der Waals surface area contributed by atoms with Gasteiger partial charge in [0.05, 0.1) is 17.2 Å². The van der Waals surface area contributed by atoms with Gasteiger partial charge in [-0.1, -0.05) is 30.3 Å². The Morgan fingerprint density at radius 3 is 2.24 bits per heavy atom. The van der Waals surface area contributed by atoms with Gasteiger partial charge in [-0.15, -0.1) is 0 Å². The minimum absolute atomic E-state index is 0.0752. The molecule has 0 radical (unpaired) electrons. The summed E-state index contributed by atoms with van der Waals surface area (Å²) in [6.07, 6.45) is -0.0752. The monoisotopic (exact) mass is 478 g/mol. The molecule has 0 saturated carbocycles. The van der Waals surface area contributed by atoms with Crippen LogP contribution in [0.4, 0.5) is 18.9 Å². The second-order valence-corrected chi connectivity index (χ2v) is 8.69. The van der Waals surface area contributed by atoms with Crippen LogP contribution >= 0.6 is 0 Å². The van der Waals surface area contributed by atoms with Crippen LogP contribution in [0.25, 0.3) is 0 Å². The van der Waals surface area contributed by atoms with Crippen molar-refractivity contribution in [3.05, 3.63) is 89.7 Å². The molecule has 3 rings (SSSR count). The predicted molar refractivity (Wildman–Crippen MR) is 117 cm³/mol. The van der Waals surface area contributed by atoms with Gasteiger partial charge in [0.25, 0.3) is 0 Å². The third-order valence-corrected chi connectivity index (χ3v) is 6.12. The first-order valence-electron chi connectivity index (χ1n) is 9.94. The minimum atomic E-state index is -4.17. The van der Waals surface area contributed by atoms with E-state index in [9.17, 15) is 26.4 Å². The van der Waals surface area contributed by atoms with Crippen molar-refractivity contribution in [1.82, 2.24) is 4.72 Å². The molecule has 0 aliphatic carbocycles. The summed E-state index contributed by atoms with van der Waals surface area (Å²) < 4.78 is 74.2. The first kappa shape index (κ1) is 24.3. The number of benzene rings is 3. The zero-order valence-corrected chi connectivity index (χ0v) is 18.3. The van der Waals surface area contributed by atoms with E-state index in [2.05, 4.69) is 10.0 Å². The molecule has 3 aromatic rings. The van der Waals surface area contributed by atoms with Crippen LogP contribution in [0.15, 0.2) is 71.6 Å². The third-order valence-electron chi connectivity index (χ3n) is 4.63. The number of nitrogens with one attached hydrogen (secondary N) is 2. The fourth-order valence-electron chi connectivity index (χ4n) is 3.02. The Bertz CT molecular complexity index is 1220. The van der Waals surface area contributed by atoms with Crippen LogP contribution in [-0.4, -0.2) is 27.0 Å². The van der Waals surface area contributed by atoms with Crippen molar-refractivity contribution in [2.24, 2.45) is 0 Å². The number of amides is 1. The molecule has 33 heavy (non-hydrogen) atoms. The standard InChI is InChI=1S/C23H21F3N2O4S/c1-2-32-16-8-10-17(11-9-16)33(30,31)28-20(14-15-6-4-3-5-7-15)23(29)27-19-13-12-18(24)21(25)22(19)26/h3-13,20,28H,2,14H2,1H3,(H,27,29)/t20-/m1/s1. The highest BCUT2D eigenvalue weighted by atomic mass is 32.2. The summed E-state index contributed by atoms with van der Waals surface area (Å²) >= 11 is 0. The van der Waals surface area contributed by atoms with Gasteiger partial charge in [0.15, 0.2) is 17.5 Å². The van der Waals surface area contributed by atoms with Crippen molar-refractivity contribution >= 4 is 21.6 Å². The van der Waals surface area contributed by atoms with Crippen LogP contribution in [0.3, 0.4) is 0 Å². The van der Waals surface area contributed by atoms with E-state index in [4.69, 9.17) is 4.74 Å². The van der Waals surface area contributed by atoms with Gasteiger partial charge in [0.1, 0.15) is 11.8 Å². The van der Waals surface area contributed by atoms with E-state index in [0.29, 0.717) is 24.0 Å². The van der Waals surface area contributed by atoms with Crippen molar-refractivity contribution in [2.45, 2.75) is 24.3 Å². The lowest BCUT2D eigenvalue weighted by molar-refractivity contribution is -0.117. The highest BCUT2D eigenvalue weighted by molar-refractivity contribution is 7.89. The SMILES string of the molecule is CCOc1ccc(S(=O)(=O)N[C@H](Cc2ccccc2)C(=O)Nc2ccc(F)c(F)c2F)cc1. The van der Waals surface area contributed by atoms with Gasteiger partial charge in [0, 0.05) is 0 Å². The Morgan fingerprint density at radius 2 is 1.61 bits per heavy atom. The first-order chi connectivity index (χ1) is 15.7. The van der Waals surface area contributed by atoms with Crippen molar-refractivity contribution in [3.8, 4) is 5.75 Å². The number of carbonyl (C=O) groups is 1. The lowest BCUT2D eigenvalue weighted by atomic mass is 10.1. The first-order valence-corrected chi connectivity index (χ1v) is 11.4. The van der Waals surface area contributed by atoms with E-state index < -0.39 is 45.1 Å². The fourth-order valence-corrected chi connectivity index (χ4v) is 4.21. The maximum Gasteiger partial charge on any atom is 0.242 e. The topological polar surface area (TPSA) is 84.5 Å². The zero-order valence-electron chi connectivity index (χ0n) is 17.5. The molecule has 0 aromatic heterocycles. The Hall–Kier alpha value is -3.37. The van der Waals surface area contributed by atoms with E-state index >= 15 is 0 Å². The summed E-state index contributed by atoms with van der Waals surface area (Å²) in [5.41, 5.74) is 0.00929. The average molecular weight is 478 g/mol. The Morgan fingerprint density at radius 1 is 0.939 bits per heavy atom. The molecule has 0 heterocycles. The number of halogens is 3. The molecule has 0 aliphatic rings. The normalized spacial score (nSPS) is 12.2. The summed E-state index contributed by atoms with van der Waals surface area (Å²) in [5.74, 6) is -5.22. The van der Waals surface area contributed by atoms with Gasteiger partial charge in [-0.25, -0.2) is 21.6 Å². The molecule has 0 spiro atoms. The average Bonchev–Trinajstić information content (AvgIpc) is 2.80. The molecule has 1 atom stereocenters. The molecule has 174 valence electrons. The maximum absolute atomic E-state index is 14.0.